The van der Waals surface area contributed by atoms with Crippen molar-refractivity contribution in [3.05, 3.63) is 197 Å². The summed E-state index contributed by atoms with van der Waals surface area (Å²) >= 11 is 0. The fourth-order valence-corrected chi connectivity index (χ4v) is 8.60. The number of benzene rings is 8. The highest BCUT2D eigenvalue weighted by molar-refractivity contribution is 6.13. The second-order valence-electron chi connectivity index (χ2n) is 14.7. The lowest BCUT2D eigenvalue weighted by atomic mass is 9.95. The third-order valence-corrected chi connectivity index (χ3v) is 11.2. The van der Waals surface area contributed by atoms with E-state index < -0.39 is 0 Å². The Morgan fingerprint density at radius 1 is 0.424 bits per heavy atom. The minimum Gasteiger partial charge on any atom is -0.308 e. The standard InChI is InChI=1S/C53H30N6/c1-33-23-35(31-55)25-41(24-33)53-51(58-47-9-5-3-7-43(47)45-21-17-39(28-49(45)58)37-13-11-34(30-54)12-14-37)26-36(32-56)27-52(53)59-48-10-6-4-8-44(48)46-22-18-40(29-50(46)59)38-15-19-42(57-2)20-16-38/h3-29H,1H3. The number of hydrogen-bond acceptors (Lipinski definition) is 3. The Kier molecular flexibility index (Phi) is 8.14. The van der Waals surface area contributed by atoms with Gasteiger partial charge in [-0.15, -0.1) is 0 Å². The van der Waals surface area contributed by atoms with Crippen molar-refractivity contribution >= 4 is 49.3 Å². The van der Waals surface area contributed by atoms with Crippen molar-refractivity contribution in [2.75, 3.05) is 0 Å². The van der Waals surface area contributed by atoms with Gasteiger partial charge in [0.25, 0.3) is 0 Å². The maximum atomic E-state index is 10.8. The average molecular weight is 751 g/mol. The predicted octanol–water partition coefficient (Wildman–Crippen LogP) is 13.4. The molecule has 10 aromatic rings. The molecule has 0 spiro atoms. The molecule has 0 fully saturated rings. The Labute approximate surface area is 340 Å². The lowest BCUT2D eigenvalue weighted by Gasteiger charge is -2.21. The first-order chi connectivity index (χ1) is 29.0. The molecule has 59 heavy (non-hydrogen) atoms. The maximum absolute atomic E-state index is 10.8. The van der Waals surface area contributed by atoms with Gasteiger partial charge in [-0.05, 0) is 101 Å². The van der Waals surface area contributed by atoms with Crippen LogP contribution in [-0.4, -0.2) is 9.13 Å². The molecule has 10 rings (SSSR count). The molecule has 0 aliphatic carbocycles. The summed E-state index contributed by atoms with van der Waals surface area (Å²) in [7, 11) is 0. The second-order valence-corrected chi connectivity index (χ2v) is 14.7. The largest absolute Gasteiger partial charge is 0.308 e. The number of nitrogens with zero attached hydrogens (tertiary/aromatic N) is 6. The van der Waals surface area contributed by atoms with Crippen LogP contribution in [0.15, 0.2) is 164 Å². The molecule has 0 bridgehead atoms. The fraction of sp³-hybridized carbons (Fsp3) is 0.0189. The number of fused-ring (bicyclic) bond motifs is 6. The third-order valence-electron chi connectivity index (χ3n) is 11.2. The molecule has 0 aliphatic rings. The number of hydrogen-bond donors (Lipinski definition) is 0. The van der Waals surface area contributed by atoms with Gasteiger partial charge in [0.2, 0.25) is 0 Å². The zero-order chi connectivity index (χ0) is 40.2. The van der Waals surface area contributed by atoms with E-state index in [1.807, 2.05) is 104 Å². The van der Waals surface area contributed by atoms with Crippen molar-refractivity contribution in [1.82, 2.24) is 9.13 Å². The van der Waals surface area contributed by atoms with E-state index in [4.69, 9.17) is 6.57 Å². The number of para-hydroxylation sites is 2. The Bertz CT molecular complexity index is 3340. The Morgan fingerprint density at radius 2 is 0.881 bits per heavy atom. The highest BCUT2D eigenvalue weighted by Crippen LogP contribution is 2.44. The van der Waals surface area contributed by atoms with Crippen molar-refractivity contribution in [3.63, 3.8) is 0 Å². The Balaban J connectivity index is 1.35. The summed E-state index contributed by atoms with van der Waals surface area (Å²) < 4.78 is 4.51. The zero-order valence-corrected chi connectivity index (χ0v) is 31.8. The van der Waals surface area contributed by atoms with E-state index in [2.05, 4.69) is 98.9 Å². The first-order valence-electron chi connectivity index (χ1n) is 19.1. The molecule has 0 amide bonds. The van der Waals surface area contributed by atoms with Gasteiger partial charge in [0, 0.05) is 27.1 Å². The van der Waals surface area contributed by atoms with Gasteiger partial charge in [0.05, 0.1) is 74.9 Å². The van der Waals surface area contributed by atoms with Crippen molar-refractivity contribution in [3.8, 4) is 63.0 Å². The van der Waals surface area contributed by atoms with E-state index in [0.717, 1.165) is 93.9 Å². The number of aromatic nitrogens is 2. The highest BCUT2D eigenvalue weighted by Gasteiger charge is 2.24. The summed E-state index contributed by atoms with van der Waals surface area (Å²) in [5, 5.41) is 34.9. The highest BCUT2D eigenvalue weighted by atomic mass is 15.0. The first kappa shape index (κ1) is 34.8. The molecular formula is C53H30N6. The van der Waals surface area contributed by atoms with Crippen LogP contribution < -0.4 is 0 Å². The van der Waals surface area contributed by atoms with Gasteiger partial charge in [-0.3, -0.25) is 0 Å². The molecule has 0 unspecified atom stereocenters. The topological polar surface area (TPSA) is 85.6 Å². The van der Waals surface area contributed by atoms with Crippen LogP contribution in [0, 0.1) is 47.5 Å². The van der Waals surface area contributed by atoms with Crippen molar-refractivity contribution in [1.29, 1.82) is 15.8 Å². The number of nitriles is 3. The SMILES string of the molecule is [C-]#[N+]c1ccc(-c2ccc3c4ccccc4n(-c4cc(C#N)cc(-n5c6ccccc6c6ccc(-c7ccc(C#N)cc7)cc65)c4-c4cc(C)cc(C#N)c4)c3c2)cc1. The molecule has 0 aliphatic heterocycles. The lowest BCUT2D eigenvalue weighted by Crippen LogP contribution is -2.05. The summed E-state index contributed by atoms with van der Waals surface area (Å²) in [5.74, 6) is 0. The average Bonchev–Trinajstić information content (AvgIpc) is 3.80. The molecule has 0 atom stereocenters. The molecule has 2 heterocycles. The third kappa shape index (κ3) is 5.69. The summed E-state index contributed by atoms with van der Waals surface area (Å²) in [4.78, 5) is 3.59. The summed E-state index contributed by atoms with van der Waals surface area (Å²) in [5.41, 5.74) is 14.3. The summed E-state index contributed by atoms with van der Waals surface area (Å²) in [6.45, 7) is 9.47. The second kappa shape index (κ2) is 13.8. The number of rotatable bonds is 5. The zero-order valence-electron chi connectivity index (χ0n) is 31.8. The van der Waals surface area contributed by atoms with E-state index in [-0.39, 0.29) is 0 Å². The molecular weight excluding hydrogens is 721 g/mol. The van der Waals surface area contributed by atoms with Gasteiger partial charge >= 0.3 is 0 Å². The van der Waals surface area contributed by atoms with Crippen LogP contribution in [0.5, 0.6) is 0 Å². The minimum atomic E-state index is 0.484. The van der Waals surface area contributed by atoms with Crippen molar-refractivity contribution in [2.45, 2.75) is 6.92 Å². The van der Waals surface area contributed by atoms with Crippen LogP contribution in [0.25, 0.3) is 93.2 Å². The van der Waals surface area contributed by atoms with Crippen LogP contribution in [0.2, 0.25) is 0 Å². The van der Waals surface area contributed by atoms with E-state index >= 15 is 0 Å². The molecule has 0 saturated carbocycles. The fourth-order valence-electron chi connectivity index (χ4n) is 8.60. The summed E-state index contributed by atoms with van der Waals surface area (Å²) in [6.07, 6.45) is 0. The van der Waals surface area contributed by atoms with Gasteiger partial charge in [-0.1, -0.05) is 103 Å². The first-order valence-corrected chi connectivity index (χ1v) is 19.1. The van der Waals surface area contributed by atoms with Crippen LogP contribution in [0.3, 0.4) is 0 Å². The molecule has 6 heteroatoms. The maximum Gasteiger partial charge on any atom is 0.187 e. The van der Waals surface area contributed by atoms with Gasteiger partial charge < -0.3 is 9.13 Å². The predicted molar refractivity (Wildman–Crippen MR) is 237 cm³/mol. The Morgan fingerprint density at radius 3 is 1.39 bits per heavy atom. The van der Waals surface area contributed by atoms with E-state index in [9.17, 15) is 15.8 Å². The lowest BCUT2D eigenvalue weighted by molar-refractivity contribution is 1.13. The van der Waals surface area contributed by atoms with E-state index in [1.54, 1.807) is 0 Å². The van der Waals surface area contributed by atoms with Crippen LogP contribution in [-0.2, 0) is 0 Å². The smallest absolute Gasteiger partial charge is 0.187 e. The van der Waals surface area contributed by atoms with Crippen molar-refractivity contribution < 1.29 is 0 Å². The molecule has 0 saturated heterocycles. The van der Waals surface area contributed by atoms with E-state index in [0.29, 0.717) is 22.4 Å². The van der Waals surface area contributed by atoms with Crippen molar-refractivity contribution in [2.24, 2.45) is 0 Å². The molecule has 0 N–H and O–H groups in total. The van der Waals surface area contributed by atoms with Gasteiger partial charge in [0.15, 0.2) is 5.69 Å². The van der Waals surface area contributed by atoms with Gasteiger partial charge in [-0.25, -0.2) is 4.85 Å². The number of aryl methyl sites for hydroxylation is 1. The van der Waals surface area contributed by atoms with Crippen LogP contribution in [0.1, 0.15) is 22.3 Å². The molecule has 2 aromatic heterocycles. The molecule has 272 valence electrons. The van der Waals surface area contributed by atoms with E-state index in [1.165, 1.54) is 0 Å². The summed E-state index contributed by atoms with van der Waals surface area (Å²) in [6, 6.07) is 61.8. The van der Waals surface area contributed by atoms with Crippen LogP contribution >= 0.6 is 0 Å². The monoisotopic (exact) mass is 750 g/mol. The molecule has 8 aromatic carbocycles. The minimum absolute atomic E-state index is 0.484. The molecule has 0 radical (unpaired) electrons. The quantitative estimate of drug-likeness (QED) is 0.164. The van der Waals surface area contributed by atoms with Crippen LogP contribution in [0.4, 0.5) is 5.69 Å². The molecule has 6 nitrogen and oxygen atoms in total. The van der Waals surface area contributed by atoms with Gasteiger partial charge in [0.1, 0.15) is 0 Å². The normalized spacial score (nSPS) is 11.1. The van der Waals surface area contributed by atoms with Gasteiger partial charge in [-0.2, -0.15) is 15.8 Å². The Hall–Kier alpha value is -8.68.